The van der Waals surface area contributed by atoms with Crippen molar-refractivity contribution in [2.45, 2.75) is 83.2 Å². The van der Waals surface area contributed by atoms with E-state index < -0.39 is 35.1 Å². The van der Waals surface area contributed by atoms with Gasteiger partial charge in [0, 0.05) is 24.8 Å². The van der Waals surface area contributed by atoms with Gasteiger partial charge in [-0.1, -0.05) is 51.1 Å². The summed E-state index contributed by atoms with van der Waals surface area (Å²) < 4.78 is 6.94. The molecule has 2 bridgehead atoms. The summed E-state index contributed by atoms with van der Waals surface area (Å²) >= 11 is 0. The molecule has 8 heteroatoms. The number of hydrogen-bond acceptors (Lipinski definition) is 5. The largest absolute Gasteiger partial charge is 0.394 e. The Labute approximate surface area is 238 Å². The zero-order chi connectivity index (χ0) is 29.4. The molecule has 0 aromatic heterocycles. The van der Waals surface area contributed by atoms with Gasteiger partial charge in [0.1, 0.15) is 11.6 Å². The number of para-hydroxylation sites is 1. The normalized spacial score (nSPS) is 29.6. The molecular weight excluding hydrogens is 506 g/mol. The minimum atomic E-state index is -1.16. The van der Waals surface area contributed by atoms with Gasteiger partial charge in [-0.3, -0.25) is 14.4 Å². The number of amides is 3. The number of benzene rings is 1. The molecule has 3 saturated heterocycles. The van der Waals surface area contributed by atoms with E-state index in [1.54, 1.807) is 26.9 Å². The van der Waals surface area contributed by atoms with Gasteiger partial charge in [0.2, 0.25) is 17.7 Å². The Balaban J connectivity index is 1.88. The number of carbonyl (C=O) groups excluding carboxylic acids is 3. The van der Waals surface area contributed by atoms with Gasteiger partial charge in [0.15, 0.2) is 0 Å². The van der Waals surface area contributed by atoms with Crippen molar-refractivity contribution in [3.63, 3.8) is 0 Å². The molecule has 40 heavy (non-hydrogen) atoms. The summed E-state index contributed by atoms with van der Waals surface area (Å²) in [4.78, 5) is 48.5. The molecule has 1 aromatic rings. The molecule has 3 fully saturated rings. The van der Waals surface area contributed by atoms with Crippen LogP contribution in [0.2, 0.25) is 0 Å². The third kappa shape index (κ3) is 4.49. The number of nitrogens with zero attached hydrogens (tertiary/aromatic N) is 3. The quantitative estimate of drug-likeness (QED) is 0.399. The second kappa shape index (κ2) is 11.5. The maximum absolute atomic E-state index is 14.6. The highest BCUT2D eigenvalue weighted by atomic mass is 16.5. The number of anilines is 1. The minimum absolute atomic E-state index is 0.112. The highest BCUT2D eigenvalue weighted by Gasteiger charge is 2.79. The predicted octanol–water partition coefficient (Wildman–Crippen LogP) is 3.80. The molecule has 1 aromatic carbocycles. The van der Waals surface area contributed by atoms with Crippen LogP contribution in [0.5, 0.6) is 0 Å². The summed E-state index contributed by atoms with van der Waals surface area (Å²) in [6.07, 6.45) is 4.98. The average Bonchev–Trinajstić information content (AvgIpc) is 3.54. The Bertz CT molecular complexity index is 1140. The van der Waals surface area contributed by atoms with E-state index in [4.69, 9.17) is 4.74 Å². The van der Waals surface area contributed by atoms with Crippen LogP contribution < -0.4 is 4.90 Å². The molecular formula is C32H45N3O5. The highest BCUT2D eigenvalue weighted by Crippen LogP contribution is 2.65. The number of hydrogen-bond donors (Lipinski definition) is 1. The summed E-state index contributed by atoms with van der Waals surface area (Å²) in [5, 5.41) is 10.5. The van der Waals surface area contributed by atoms with Crippen molar-refractivity contribution in [2.24, 2.45) is 17.8 Å². The lowest BCUT2D eigenvalue weighted by atomic mass is 9.64. The lowest BCUT2D eigenvalue weighted by Crippen LogP contribution is -2.60. The van der Waals surface area contributed by atoms with Crippen molar-refractivity contribution in [3.8, 4) is 0 Å². The van der Waals surface area contributed by atoms with Gasteiger partial charge in [0.25, 0.3) is 0 Å². The van der Waals surface area contributed by atoms with Gasteiger partial charge < -0.3 is 24.5 Å². The van der Waals surface area contributed by atoms with Crippen molar-refractivity contribution in [1.82, 2.24) is 9.80 Å². The predicted molar refractivity (Wildman–Crippen MR) is 155 cm³/mol. The Hall–Kier alpha value is -2.97. The maximum atomic E-state index is 14.6. The smallest absolute Gasteiger partial charge is 0.248 e. The van der Waals surface area contributed by atoms with E-state index in [1.165, 1.54) is 0 Å². The summed E-state index contributed by atoms with van der Waals surface area (Å²) in [5.41, 5.74) is -1.29. The van der Waals surface area contributed by atoms with Crippen LogP contribution >= 0.6 is 0 Å². The molecule has 1 spiro atoms. The first kappa shape index (κ1) is 30.0. The second-order valence-corrected chi connectivity index (χ2v) is 12.0. The molecule has 3 aliphatic rings. The fraction of sp³-hybridized carbons (Fsp3) is 0.594. The molecule has 0 saturated carbocycles. The van der Waals surface area contributed by atoms with Crippen LogP contribution in [0.25, 0.3) is 0 Å². The molecule has 218 valence electrons. The van der Waals surface area contributed by atoms with E-state index >= 15 is 0 Å². The summed E-state index contributed by atoms with van der Waals surface area (Å²) in [6.45, 7) is 17.7. The van der Waals surface area contributed by atoms with Gasteiger partial charge in [-0.25, -0.2) is 0 Å². The van der Waals surface area contributed by atoms with Gasteiger partial charge in [-0.2, -0.15) is 0 Å². The lowest BCUT2D eigenvalue weighted by Gasteiger charge is -2.41. The molecule has 0 aliphatic carbocycles. The summed E-state index contributed by atoms with van der Waals surface area (Å²) in [7, 11) is 0. The van der Waals surface area contributed by atoms with E-state index in [9.17, 15) is 19.5 Å². The lowest BCUT2D eigenvalue weighted by molar-refractivity contribution is -0.158. The molecule has 2 unspecified atom stereocenters. The number of fused-ring (bicyclic) bond motifs is 1. The Morgan fingerprint density at radius 1 is 1.10 bits per heavy atom. The Kier molecular flexibility index (Phi) is 8.62. The molecule has 3 heterocycles. The number of rotatable bonds is 12. The first-order chi connectivity index (χ1) is 19.0. The standard InChI is InChI=1S/C32H45N3O5/c1-8-18-33(22(6)7)30(39)27-32-17-16-31(10-3,40-32)25(26(32)29(38)35(27)24(20-36)21(4)5)28(37)34(19-9-2)23-14-12-11-13-15-23/h8-9,11-15,21-22,24-27,36H,1-2,10,16-20H2,3-7H3/t24-,25+,26-,27?,31-,32?/m0/s1. The molecule has 8 nitrogen and oxygen atoms in total. The van der Waals surface area contributed by atoms with Gasteiger partial charge in [-0.15, -0.1) is 13.2 Å². The van der Waals surface area contributed by atoms with Crippen LogP contribution in [0.1, 0.15) is 53.9 Å². The molecule has 6 atom stereocenters. The zero-order valence-electron chi connectivity index (χ0n) is 24.6. The number of aliphatic hydroxyl groups excluding tert-OH is 1. The zero-order valence-corrected chi connectivity index (χ0v) is 24.6. The molecule has 3 amide bonds. The second-order valence-electron chi connectivity index (χ2n) is 12.0. The number of aliphatic hydroxyl groups is 1. The topological polar surface area (TPSA) is 90.4 Å². The van der Waals surface area contributed by atoms with Crippen molar-refractivity contribution < 1.29 is 24.2 Å². The minimum Gasteiger partial charge on any atom is -0.394 e. The Morgan fingerprint density at radius 2 is 1.75 bits per heavy atom. The number of likely N-dealkylation sites (tertiary alicyclic amines) is 1. The van der Waals surface area contributed by atoms with E-state index in [0.29, 0.717) is 25.8 Å². The van der Waals surface area contributed by atoms with Crippen LogP contribution in [0.4, 0.5) is 5.69 Å². The van der Waals surface area contributed by atoms with Crippen molar-refractivity contribution in [2.75, 3.05) is 24.6 Å². The fourth-order valence-electron chi connectivity index (χ4n) is 7.37. The van der Waals surface area contributed by atoms with Crippen LogP contribution in [-0.2, 0) is 19.1 Å². The third-order valence-corrected chi connectivity index (χ3v) is 9.31. The molecule has 0 radical (unpaired) electrons. The van der Waals surface area contributed by atoms with Crippen molar-refractivity contribution in [3.05, 3.63) is 55.6 Å². The monoisotopic (exact) mass is 551 g/mol. The van der Waals surface area contributed by atoms with E-state index in [-0.39, 0.29) is 42.8 Å². The van der Waals surface area contributed by atoms with Crippen molar-refractivity contribution in [1.29, 1.82) is 0 Å². The van der Waals surface area contributed by atoms with Crippen LogP contribution in [0, 0.1) is 17.8 Å². The third-order valence-electron chi connectivity index (χ3n) is 9.31. The van der Waals surface area contributed by atoms with Crippen LogP contribution in [-0.4, -0.2) is 81.7 Å². The molecule has 1 N–H and O–H groups in total. The highest BCUT2D eigenvalue weighted by molar-refractivity contribution is 6.03. The molecule has 4 rings (SSSR count). The van der Waals surface area contributed by atoms with E-state index in [1.807, 2.05) is 65.0 Å². The maximum Gasteiger partial charge on any atom is 0.248 e. The Morgan fingerprint density at radius 3 is 2.27 bits per heavy atom. The van der Waals surface area contributed by atoms with Crippen LogP contribution in [0.3, 0.4) is 0 Å². The first-order valence-electron chi connectivity index (χ1n) is 14.6. The molecule has 3 aliphatic heterocycles. The average molecular weight is 552 g/mol. The summed E-state index contributed by atoms with van der Waals surface area (Å²) in [6, 6.07) is 7.71. The number of ether oxygens (including phenoxy) is 1. The fourth-order valence-corrected chi connectivity index (χ4v) is 7.37. The van der Waals surface area contributed by atoms with Crippen molar-refractivity contribution >= 4 is 23.4 Å². The van der Waals surface area contributed by atoms with Gasteiger partial charge >= 0.3 is 0 Å². The van der Waals surface area contributed by atoms with Gasteiger partial charge in [0.05, 0.1) is 30.1 Å². The van der Waals surface area contributed by atoms with Crippen LogP contribution in [0.15, 0.2) is 55.6 Å². The SMILES string of the molecule is C=CCN(C(=O)[C@H]1[C@H]2C(=O)N([C@@H](CO)C(C)C)C(C(=O)N(CC=C)C(C)C)C23CC[C@]1(CC)O3)c1ccccc1. The van der Waals surface area contributed by atoms with E-state index in [2.05, 4.69) is 13.2 Å². The summed E-state index contributed by atoms with van der Waals surface area (Å²) in [5.74, 6) is -2.41. The number of carbonyl (C=O) groups is 3. The van der Waals surface area contributed by atoms with E-state index in [0.717, 1.165) is 5.69 Å². The first-order valence-corrected chi connectivity index (χ1v) is 14.6. The van der Waals surface area contributed by atoms with Gasteiger partial charge in [-0.05, 0) is 51.2 Å².